The summed E-state index contributed by atoms with van der Waals surface area (Å²) in [5.41, 5.74) is 2.61. The summed E-state index contributed by atoms with van der Waals surface area (Å²) in [5.74, 6) is 0.912. The molecule has 10 heteroatoms. The van der Waals surface area contributed by atoms with Gasteiger partial charge in [0, 0.05) is 25.2 Å². The molecule has 2 aromatic rings. The fourth-order valence-electron chi connectivity index (χ4n) is 5.90. The van der Waals surface area contributed by atoms with Crippen LogP contribution in [0.1, 0.15) is 57.6 Å². The lowest BCUT2D eigenvalue weighted by atomic mass is 9.89. The second kappa shape index (κ2) is 11.1. The second-order valence-electron chi connectivity index (χ2n) is 11.7. The fraction of sp³-hybridized carbons (Fsp3) is 0.500. The molecule has 3 aliphatic heterocycles. The predicted molar refractivity (Wildman–Crippen MR) is 155 cm³/mol. The van der Waals surface area contributed by atoms with E-state index in [0.717, 1.165) is 41.9 Å². The van der Waals surface area contributed by atoms with E-state index in [1.54, 1.807) is 11.1 Å². The van der Waals surface area contributed by atoms with E-state index < -0.39 is 17.7 Å². The minimum atomic E-state index is -0.621. The van der Waals surface area contributed by atoms with Crippen molar-refractivity contribution >= 4 is 46.7 Å². The number of carbonyl (C=O) groups excluding carboxylic acids is 2. The summed E-state index contributed by atoms with van der Waals surface area (Å²) < 4.78 is 17.0. The minimum Gasteiger partial charge on any atom is -0.485 e. The molecule has 2 fully saturated rings. The summed E-state index contributed by atoms with van der Waals surface area (Å²) in [6.07, 6.45) is 4.17. The average Bonchev–Trinajstić information content (AvgIpc) is 3.48. The third kappa shape index (κ3) is 5.75. The number of nitrogens with zero attached hydrogens (tertiary/aromatic N) is 3. The molecule has 0 aliphatic carbocycles. The van der Waals surface area contributed by atoms with Gasteiger partial charge in [-0.2, -0.15) is 0 Å². The van der Waals surface area contributed by atoms with E-state index in [2.05, 4.69) is 4.90 Å². The van der Waals surface area contributed by atoms with Gasteiger partial charge in [-0.25, -0.2) is 14.6 Å². The van der Waals surface area contributed by atoms with Crippen molar-refractivity contribution in [1.29, 1.82) is 0 Å². The number of halogens is 2. The number of hydrogen-bond acceptors (Lipinski definition) is 7. The Hall–Kier alpha value is -2.97. The molecule has 1 aromatic heterocycles. The Balaban J connectivity index is 1.34. The van der Waals surface area contributed by atoms with E-state index in [9.17, 15) is 9.59 Å². The van der Waals surface area contributed by atoms with Crippen LogP contribution < -0.4 is 9.64 Å². The molecule has 1 amide bonds. The van der Waals surface area contributed by atoms with Gasteiger partial charge in [-0.15, -0.1) is 0 Å². The molecule has 0 unspecified atom stereocenters. The summed E-state index contributed by atoms with van der Waals surface area (Å²) in [6.45, 7) is 8.89. The molecule has 8 nitrogen and oxygen atoms in total. The number of aromatic nitrogens is 1. The maximum Gasteiger partial charge on any atom is 0.411 e. The zero-order valence-corrected chi connectivity index (χ0v) is 25.0. The van der Waals surface area contributed by atoms with Crippen molar-refractivity contribution in [1.82, 2.24) is 9.88 Å². The van der Waals surface area contributed by atoms with E-state index in [4.69, 9.17) is 42.4 Å². The van der Waals surface area contributed by atoms with Gasteiger partial charge in [0.05, 0.1) is 35.3 Å². The summed E-state index contributed by atoms with van der Waals surface area (Å²) in [7, 11) is 1.37. The SMILES string of the molecule is COC(=O)C1=C(c2ccc(N3CC[C@@H](Oc4c(Cl)cc(C)cc4Cl)C3)nc2)C[C@H]2CC[C@@H]1N2C(=O)OC(C)(C)C. The highest BCUT2D eigenvalue weighted by Gasteiger charge is 2.48. The number of amides is 1. The molecule has 0 spiro atoms. The molecule has 0 saturated carbocycles. The van der Waals surface area contributed by atoms with Crippen LogP contribution in [0.3, 0.4) is 0 Å². The van der Waals surface area contributed by atoms with Crippen LogP contribution in [0.4, 0.5) is 10.6 Å². The number of hydrogen-bond donors (Lipinski definition) is 0. The standard InChI is InChI=1S/C30H35Cl2N3O5/c1-17-12-22(31)27(23(32)13-17)39-20-10-11-34(16-20)25-9-6-18(15-33-25)21-14-19-7-8-24(26(21)28(36)38-5)35(19)29(37)40-30(2,3)4/h6,9,12-13,15,19-20,24H,7-8,10-11,14,16H2,1-5H3/t19-,20-,24+/m1/s1. The van der Waals surface area contributed by atoms with Crippen LogP contribution in [0.2, 0.25) is 10.0 Å². The number of pyridine rings is 1. The highest BCUT2D eigenvalue weighted by molar-refractivity contribution is 6.37. The summed E-state index contributed by atoms with van der Waals surface area (Å²) in [6, 6.07) is 7.22. The molecule has 2 saturated heterocycles. The van der Waals surface area contributed by atoms with Gasteiger partial charge in [-0.3, -0.25) is 4.90 Å². The van der Waals surface area contributed by atoms with Crippen molar-refractivity contribution < 1.29 is 23.8 Å². The average molecular weight is 589 g/mol. The van der Waals surface area contributed by atoms with Crippen LogP contribution in [0.15, 0.2) is 36.0 Å². The van der Waals surface area contributed by atoms with Crippen LogP contribution in [0.5, 0.6) is 5.75 Å². The molecule has 40 heavy (non-hydrogen) atoms. The first-order chi connectivity index (χ1) is 18.9. The molecule has 4 heterocycles. The van der Waals surface area contributed by atoms with Gasteiger partial charge in [-0.1, -0.05) is 23.2 Å². The molecule has 3 aliphatic rings. The number of aryl methyl sites for hydroxylation is 1. The van der Waals surface area contributed by atoms with Crippen molar-refractivity contribution in [3.8, 4) is 5.75 Å². The van der Waals surface area contributed by atoms with Crippen LogP contribution in [0.25, 0.3) is 5.57 Å². The third-order valence-electron chi connectivity index (χ3n) is 7.60. The van der Waals surface area contributed by atoms with E-state index in [0.29, 0.717) is 40.8 Å². The normalized spacial score (nSPS) is 22.5. The topological polar surface area (TPSA) is 81.2 Å². The lowest BCUT2D eigenvalue weighted by Crippen LogP contribution is -2.48. The maximum absolute atomic E-state index is 13.0. The Bertz CT molecular complexity index is 1310. The molecule has 5 rings (SSSR count). The number of anilines is 1. The van der Waals surface area contributed by atoms with E-state index >= 15 is 0 Å². The van der Waals surface area contributed by atoms with Gasteiger partial charge in [-0.05, 0) is 87.9 Å². The number of fused-ring (bicyclic) bond motifs is 2. The quantitative estimate of drug-likeness (QED) is 0.371. The lowest BCUT2D eigenvalue weighted by Gasteiger charge is -2.37. The zero-order valence-electron chi connectivity index (χ0n) is 23.5. The first-order valence-electron chi connectivity index (χ1n) is 13.6. The Morgan fingerprint density at radius 3 is 2.42 bits per heavy atom. The van der Waals surface area contributed by atoms with Crippen molar-refractivity contribution in [2.75, 3.05) is 25.1 Å². The van der Waals surface area contributed by atoms with Crippen molar-refractivity contribution in [2.45, 2.75) is 77.2 Å². The monoisotopic (exact) mass is 587 g/mol. The van der Waals surface area contributed by atoms with Crippen molar-refractivity contribution in [3.05, 3.63) is 57.2 Å². The van der Waals surface area contributed by atoms with Crippen LogP contribution in [-0.4, -0.2) is 65.9 Å². The summed E-state index contributed by atoms with van der Waals surface area (Å²) in [5, 5.41) is 1.01. The minimum absolute atomic E-state index is 0.0418. The van der Waals surface area contributed by atoms with Gasteiger partial charge in [0.1, 0.15) is 17.5 Å². The van der Waals surface area contributed by atoms with E-state index in [1.807, 2.05) is 52.0 Å². The number of esters is 1. The molecule has 2 bridgehead atoms. The Kier molecular flexibility index (Phi) is 7.94. The maximum atomic E-state index is 13.0. The van der Waals surface area contributed by atoms with Crippen LogP contribution in [0, 0.1) is 6.92 Å². The first kappa shape index (κ1) is 28.6. The van der Waals surface area contributed by atoms with E-state index in [-0.39, 0.29) is 18.2 Å². The fourth-order valence-corrected chi connectivity index (χ4v) is 6.58. The number of ether oxygens (including phenoxy) is 3. The molecule has 3 atom stereocenters. The van der Waals surface area contributed by atoms with Gasteiger partial charge in [0.2, 0.25) is 0 Å². The third-order valence-corrected chi connectivity index (χ3v) is 8.16. The zero-order chi connectivity index (χ0) is 28.8. The van der Waals surface area contributed by atoms with Gasteiger partial charge >= 0.3 is 12.1 Å². The number of rotatable bonds is 5. The Morgan fingerprint density at radius 2 is 1.80 bits per heavy atom. The molecular weight excluding hydrogens is 553 g/mol. The number of benzene rings is 1. The highest BCUT2D eigenvalue weighted by atomic mass is 35.5. The molecule has 214 valence electrons. The van der Waals surface area contributed by atoms with Crippen molar-refractivity contribution in [2.24, 2.45) is 0 Å². The largest absolute Gasteiger partial charge is 0.485 e. The smallest absolute Gasteiger partial charge is 0.411 e. The number of methoxy groups -OCH3 is 1. The second-order valence-corrected chi connectivity index (χ2v) is 12.5. The van der Waals surface area contributed by atoms with Gasteiger partial charge in [0.15, 0.2) is 5.75 Å². The predicted octanol–water partition coefficient (Wildman–Crippen LogP) is 6.45. The van der Waals surface area contributed by atoms with E-state index in [1.165, 1.54) is 7.11 Å². The Labute approximate surface area is 245 Å². The first-order valence-corrected chi connectivity index (χ1v) is 14.4. The highest BCUT2D eigenvalue weighted by Crippen LogP contribution is 2.44. The van der Waals surface area contributed by atoms with Crippen LogP contribution in [-0.2, 0) is 14.3 Å². The Morgan fingerprint density at radius 1 is 1.07 bits per heavy atom. The number of carbonyl (C=O) groups is 2. The molecule has 0 N–H and O–H groups in total. The molecule has 1 aromatic carbocycles. The summed E-state index contributed by atoms with van der Waals surface area (Å²) in [4.78, 5) is 34.7. The van der Waals surface area contributed by atoms with Crippen molar-refractivity contribution in [3.63, 3.8) is 0 Å². The van der Waals surface area contributed by atoms with Crippen LogP contribution >= 0.6 is 23.2 Å². The van der Waals surface area contributed by atoms with Gasteiger partial charge in [0.25, 0.3) is 0 Å². The lowest BCUT2D eigenvalue weighted by molar-refractivity contribution is -0.136. The molecular formula is C30H35Cl2N3O5. The molecule has 0 radical (unpaired) electrons. The summed E-state index contributed by atoms with van der Waals surface area (Å²) >= 11 is 12.8. The van der Waals surface area contributed by atoms with Gasteiger partial charge < -0.3 is 19.1 Å².